The first-order valence-electron chi connectivity index (χ1n) is 6.75. The number of thiazole rings is 1. The second kappa shape index (κ2) is 7.07. The molecule has 1 atom stereocenters. The summed E-state index contributed by atoms with van der Waals surface area (Å²) in [6.45, 7) is 6.05. The van der Waals surface area contributed by atoms with Crippen LogP contribution in [0.4, 0.5) is 5.13 Å². The lowest BCUT2D eigenvalue weighted by Crippen LogP contribution is -2.16. The van der Waals surface area contributed by atoms with E-state index in [0.29, 0.717) is 6.04 Å². The minimum atomic E-state index is 0.353. The van der Waals surface area contributed by atoms with Gasteiger partial charge in [0.15, 0.2) is 5.13 Å². The zero-order valence-electron chi connectivity index (χ0n) is 12.1. The molecule has 0 aliphatic heterocycles. The number of anilines is 1. The molecule has 0 amide bonds. The smallest absolute Gasteiger partial charge is 0.185 e. The lowest BCUT2D eigenvalue weighted by Gasteiger charge is -2.16. The Hall–Kier alpha value is -1.10. The second-order valence-electron chi connectivity index (χ2n) is 4.81. The first-order chi connectivity index (χ1) is 9.60. The lowest BCUT2D eigenvalue weighted by atomic mass is 10.2. The van der Waals surface area contributed by atoms with Gasteiger partial charge >= 0.3 is 0 Å². The molecule has 0 aliphatic rings. The maximum Gasteiger partial charge on any atom is 0.185 e. The number of aromatic nitrogens is 1. The van der Waals surface area contributed by atoms with Gasteiger partial charge < -0.3 is 10.2 Å². The Balaban J connectivity index is 2.04. The fourth-order valence-electron chi connectivity index (χ4n) is 2.04. The first-order valence-corrected chi connectivity index (χ1v) is 7.94. The summed E-state index contributed by atoms with van der Waals surface area (Å²) in [6, 6.07) is 8.30. The molecule has 0 spiro atoms. The SMILES string of the molecule is CCNC(C)c1cnc(N(C)Cc2cccc(Cl)c2)s1. The van der Waals surface area contributed by atoms with Gasteiger partial charge in [-0.25, -0.2) is 4.98 Å². The molecule has 108 valence electrons. The maximum atomic E-state index is 6.01. The van der Waals surface area contributed by atoms with Crippen molar-refractivity contribution < 1.29 is 0 Å². The standard InChI is InChI=1S/C15H20ClN3S/c1-4-17-11(2)14-9-18-15(20-14)19(3)10-12-6-5-7-13(16)8-12/h5-9,11,17H,4,10H2,1-3H3. The molecule has 20 heavy (non-hydrogen) atoms. The summed E-state index contributed by atoms with van der Waals surface area (Å²) >= 11 is 7.75. The predicted octanol–water partition coefficient (Wildman–Crippen LogP) is 4.10. The number of nitrogens with zero attached hydrogens (tertiary/aromatic N) is 2. The van der Waals surface area contributed by atoms with E-state index in [1.165, 1.54) is 10.4 Å². The van der Waals surface area contributed by atoms with Crippen molar-refractivity contribution in [1.29, 1.82) is 0 Å². The topological polar surface area (TPSA) is 28.2 Å². The van der Waals surface area contributed by atoms with Crippen LogP contribution in [0.2, 0.25) is 5.02 Å². The van der Waals surface area contributed by atoms with E-state index in [-0.39, 0.29) is 0 Å². The van der Waals surface area contributed by atoms with Gasteiger partial charge in [-0.3, -0.25) is 0 Å². The Kier molecular flexibility index (Phi) is 5.40. The van der Waals surface area contributed by atoms with Gasteiger partial charge in [0.1, 0.15) is 0 Å². The van der Waals surface area contributed by atoms with Crippen molar-refractivity contribution in [2.45, 2.75) is 26.4 Å². The van der Waals surface area contributed by atoms with Gasteiger partial charge in [0.05, 0.1) is 0 Å². The Labute approximate surface area is 129 Å². The molecule has 2 rings (SSSR count). The third-order valence-electron chi connectivity index (χ3n) is 3.08. The number of rotatable bonds is 6. The fourth-order valence-corrected chi connectivity index (χ4v) is 3.15. The average molecular weight is 310 g/mol. The van der Waals surface area contributed by atoms with Crippen molar-refractivity contribution in [1.82, 2.24) is 10.3 Å². The second-order valence-corrected chi connectivity index (χ2v) is 6.29. The van der Waals surface area contributed by atoms with Crippen molar-refractivity contribution >= 4 is 28.1 Å². The van der Waals surface area contributed by atoms with Gasteiger partial charge in [0.2, 0.25) is 0 Å². The molecule has 0 saturated heterocycles. The van der Waals surface area contributed by atoms with Crippen LogP contribution in [0, 0.1) is 0 Å². The summed E-state index contributed by atoms with van der Waals surface area (Å²) in [5, 5.41) is 5.21. The number of hydrogen-bond donors (Lipinski definition) is 1. The normalized spacial score (nSPS) is 12.4. The third kappa shape index (κ3) is 3.95. The molecule has 5 heteroatoms. The molecule has 3 nitrogen and oxygen atoms in total. The van der Waals surface area contributed by atoms with E-state index in [0.717, 1.165) is 23.2 Å². The summed E-state index contributed by atoms with van der Waals surface area (Å²) in [5.41, 5.74) is 1.19. The summed E-state index contributed by atoms with van der Waals surface area (Å²) in [6.07, 6.45) is 1.96. The predicted molar refractivity (Wildman–Crippen MR) is 87.8 cm³/mol. The van der Waals surface area contributed by atoms with E-state index in [9.17, 15) is 0 Å². The zero-order chi connectivity index (χ0) is 14.5. The van der Waals surface area contributed by atoms with Gasteiger partial charge in [-0.2, -0.15) is 0 Å². The fraction of sp³-hybridized carbons (Fsp3) is 0.400. The molecule has 2 aromatic rings. The number of benzene rings is 1. The van der Waals surface area contributed by atoms with E-state index in [2.05, 4.69) is 42.2 Å². The van der Waals surface area contributed by atoms with E-state index in [1.807, 2.05) is 24.4 Å². The van der Waals surface area contributed by atoms with E-state index >= 15 is 0 Å². The van der Waals surface area contributed by atoms with Gasteiger partial charge in [0.25, 0.3) is 0 Å². The Morgan fingerprint density at radius 3 is 2.95 bits per heavy atom. The van der Waals surface area contributed by atoms with Crippen LogP contribution in [0.5, 0.6) is 0 Å². The van der Waals surface area contributed by atoms with E-state index in [4.69, 9.17) is 11.6 Å². The largest absolute Gasteiger partial charge is 0.347 e. The van der Waals surface area contributed by atoms with Gasteiger partial charge in [-0.1, -0.05) is 30.7 Å². The highest BCUT2D eigenvalue weighted by atomic mass is 35.5. The molecule has 1 N–H and O–H groups in total. The number of hydrogen-bond acceptors (Lipinski definition) is 4. The molecule has 1 unspecified atom stereocenters. The third-order valence-corrected chi connectivity index (χ3v) is 4.61. The molecule has 1 aromatic carbocycles. The van der Waals surface area contributed by atoms with Crippen LogP contribution in [0.25, 0.3) is 0 Å². The molecule has 1 heterocycles. The highest BCUT2D eigenvalue weighted by Crippen LogP contribution is 2.27. The Morgan fingerprint density at radius 1 is 1.45 bits per heavy atom. The highest BCUT2D eigenvalue weighted by Gasteiger charge is 2.11. The molecule has 0 radical (unpaired) electrons. The Morgan fingerprint density at radius 2 is 2.25 bits per heavy atom. The monoisotopic (exact) mass is 309 g/mol. The minimum absolute atomic E-state index is 0.353. The summed E-state index contributed by atoms with van der Waals surface area (Å²) in [7, 11) is 2.06. The molecular weight excluding hydrogens is 290 g/mol. The van der Waals surface area contributed by atoms with E-state index in [1.54, 1.807) is 11.3 Å². The molecular formula is C15H20ClN3S. The molecule has 1 aromatic heterocycles. The molecule has 0 saturated carbocycles. The van der Waals surface area contributed by atoms with Crippen LogP contribution in [0.1, 0.15) is 30.3 Å². The zero-order valence-corrected chi connectivity index (χ0v) is 13.6. The van der Waals surface area contributed by atoms with Crippen LogP contribution in [0.15, 0.2) is 30.5 Å². The van der Waals surface area contributed by atoms with Crippen LogP contribution in [-0.2, 0) is 6.54 Å². The van der Waals surface area contributed by atoms with Crippen molar-refractivity contribution in [2.75, 3.05) is 18.5 Å². The molecule has 0 bridgehead atoms. The summed E-state index contributed by atoms with van der Waals surface area (Å²) in [4.78, 5) is 7.92. The number of halogens is 1. The highest BCUT2D eigenvalue weighted by molar-refractivity contribution is 7.15. The van der Waals surface area contributed by atoms with Crippen molar-refractivity contribution in [3.05, 3.63) is 45.9 Å². The quantitative estimate of drug-likeness (QED) is 0.870. The van der Waals surface area contributed by atoms with E-state index < -0.39 is 0 Å². The molecule has 0 fully saturated rings. The average Bonchev–Trinajstić information content (AvgIpc) is 2.88. The Bertz CT molecular complexity index is 556. The lowest BCUT2D eigenvalue weighted by molar-refractivity contribution is 0.606. The van der Waals surface area contributed by atoms with Crippen LogP contribution < -0.4 is 10.2 Å². The molecule has 0 aliphatic carbocycles. The van der Waals surface area contributed by atoms with Crippen LogP contribution >= 0.6 is 22.9 Å². The first kappa shape index (κ1) is 15.3. The van der Waals surface area contributed by atoms with Gasteiger partial charge in [-0.15, -0.1) is 11.3 Å². The van der Waals surface area contributed by atoms with Gasteiger partial charge in [-0.05, 0) is 31.2 Å². The summed E-state index contributed by atoms with van der Waals surface area (Å²) < 4.78 is 0. The van der Waals surface area contributed by atoms with Crippen LogP contribution in [0.3, 0.4) is 0 Å². The number of nitrogens with one attached hydrogen (secondary N) is 1. The maximum absolute atomic E-state index is 6.01. The van der Waals surface area contributed by atoms with Gasteiger partial charge in [0, 0.05) is 35.7 Å². The van der Waals surface area contributed by atoms with Crippen LogP contribution in [-0.4, -0.2) is 18.6 Å². The van der Waals surface area contributed by atoms with Crippen molar-refractivity contribution in [3.63, 3.8) is 0 Å². The summed E-state index contributed by atoms with van der Waals surface area (Å²) in [5.74, 6) is 0. The van der Waals surface area contributed by atoms with Crippen molar-refractivity contribution in [2.24, 2.45) is 0 Å². The minimum Gasteiger partial charge on any atom is -0.347 e. The van der Waals surface area contributed by atoms with Crippen molar-refractivity contribution in [3.8, 4) is 0 Å².